The van der Waals surface area contributed by atoms with Crippen molar-refractivity contribution in [3.05, 3.63) is 59.6 Å². The fourth-order valence-electron chi connectivity index (χ4n) is 3.39. The third kappa shape index (κ3) is 2.47. The van der Waals surface area contributed by atoms with Crippen LogP contribution in [0, 0.1) is 0 Å². The van der Waals surface area contributed by atoms with E-state index in [-0.39, 0.29) is 6.04 Å². The van der Waals surface area contributed by atoms with Gasteiger partial charge in [-0.3, -0.25) is 0 Å². The molecule has 25 heavy (non-hydrogen) atoms. The average Bonchev–Trinajstić information content (AvgIpc) is 3.39. The smallest absolute Gasteiger partial charge is 0.250 e. The highest BCUT2D eigenvalue weighted by molar-refractivity contribution is 7.18. The molecular weight excluding hydrogens is 332 g/mol. The number of tetrazole rings is 1. The molecule has 2 aromatic carbocycles. The minimum Gasteiger partial charge on any atom is -0.330 e. The molecule has 4 aromatic rings. The molecule has 0 amide bonds. The van der Waals surface area contributed by atoms with Gasteiger partial charge in [-0.25, -0.2) is 4.98 Å². The van der Waals surface area contributed by atoms with E-state index in [1.807, 2.05) is 41.1 Å². The Morgan fingerprint density at radius 1 is 1.00 bits per heavy atom. The molecule has 124 valence electrons. The van der Waals surface area contributed by atoms with E-state index in [0.29, 0.717) is 0 Å². The van der Waals surface area contributed by atoms with E-state index >= 15 is 0 Å². The number of benzene rings is 2. The van der Waals surface area contributed by atoms with Crippen molar-refractivity contribution in [2.45, 2.75) is 18.9 Å². The first-order valence-electron chi connectivity index (χ1n) is 8.36. The zero-order valence-electron chi connectivity index (χ0n) is 13.5. The lowest BCUT2D eigenvalue weighted by atomic mass is 10.2. The molecule has 0 radical (unpaired) electrons. The maximum Gasteiger partial charge on any atom is 0.250 e. The SMILES string of the molecule is c1ccc(-n2nnnc2N2CCC[C@H]2c2nc3ccccc3s2)cc1. The van der Waals surface area contributed by atoms with Crippen LogP contribution in [0.4, 0.5) is 5.95 Å². The number of aromatic nitrogens is 5. The van der Waals surface area contributed by atoms with Crippen LogP contribution in [0.15, 0.2) is 54.6 Å². The lowest BCUT2D eigenvalue weighted by molar-refractivity contribution is 0.684. The Bertz CT molecular complexity index is 976. The van der Waals surface area contributed by atoms with Crippen molar-refractivity contribution in [3.63, 3.8) is 0 Å². The van der Waals surface area contributed by atoms with Crippen molar-refractivity contribution >= 4 is 27.5 Å². The van der Waals surface area contributed by atoms with E-state index in [2.05, 4.69) is 38.6 Å². The molecule has 0 aliphatic carbocycles. The lowest BCUT2D eigenvalue weighted by Gasteiger charge is -2.23. The third-order valence-electron chi connectivity index (χ3n) is 4.56. The molecule has 1 aliphatic heterocycles. The number of rotatable bonds is 3. The molecule has 6 nitrogen and oxygen atoms in total. The quantitative estimate of drug-likeness (QED) is 0.566. The number of thiazole rings is 1. The Balaban J connectivity index is 1.55. The van der Waals surface area contributed by atoms with Crippen LogP contribution in [-0.4, -0.2) is 31.7 Å². The van der Waals surface area contributed by atoms with Crippen LogP contribution in [0.3, 0.4) is 0 Å². The summed E-state index contributed by atoms with van der Waals surface area (Å²) in [6, 6.07) is 18.5. The van der Waals surface area contributed by atoms with Gasteiger partial charge in [0, 0.05) is 6.54 Å². The summed E-state index contributed by atoms with van der Waals surface area (Å²) in [5.41, 5.74) is 2.04. The van der Waals surface area contributed by atoms with Crippen LogP contribution < -0.4 is 4.90 Å². The molecule has 0 bridgehead atoms. The second kappa shape index (κ2) is 5.93. The molecule has 5 rings (SSSR count). The first kappa shape index (κ1) is 14.5. The number of para-hydroxylation sites is 2. The van der Waals surface area contributed by atoms with Gasteiger partial charge in [-0.1, -0.05) is 35.4 Å². The molecule has 2 aromatic heterocycles. The maximum absolute atomic E-state index is 4.86. The second-order valence-electron chi connectivity index (χ2n) is 6.10. The standard InChI is InChI=1S/C18H16N6S/c1-2-7-13(8-3-1)24-18(20-21-22-24)23-12-6-10-15(23)17-19-14-9-4-5-11-16(14)25-17/h1-5,7-9,11,15H,6,10,12H2/t15-/m0/s1. The second-order valence-corrected chi connectivity index (χ2v) is 7.16. The summed E-state index contributed by atoms with van der Waals surface area (Å²) in [5, 5.41) is 13.6. The van der Waals surface area contributed by atoms with Crippen molar-refractivity contribution < 1.29 is 0 Å². The van der Waals surface area contributed by atoms with Crippen molar-refractivity contribution in [2.75, 3.05) is 11.4 Å². The van der Waals surface area contributed by atoms with Gasteiger partial charge in [-0.15, -0.1) is 11.3 Å². The van der Waals surface area contributed by atoms with Gasteiger partial charge in [-0.2, -0.15) is 4.68 Å². The fraction of sp³-hybridized carbons (Fsp3) is 0.222. The van der Waals surface area contributed by atoms with Crippen LogP contribution in [0.2, 0.25) is 0 Å². The zero-order chi connectivity index (χ0) is 16.6. The molecule has 1 aliphatic rings. The molecule has 1 saturated heterocycles. The van der Waals surface area contributed by atoms with E-state index in [1.165, 1.54) is 4.70 Å². The number of hydrogen-bond acceptors (Lipinski definition) is 6. The average molecular weight is 348 g/mol. The van der Waals surface area contributed by atoms with Gasteiger partial charge < -0.3 is 4.90 Å². The van der Waals surface area contributed by atoms with Gasteiger partial charge in [0.25, 0.3) is 5.95 Å². The van der Waals surface area contributed by atoms with Crippen molar-refractivity contribution in [1.82, 2.24) is 25.2 Å². The summed E-state index contributed by atoms with van der Waals surface area (Å²) >= 11 is 1.77. The summed E-state index contributed by atoms with van der Waals surface area (Å²) in [6.07, 6.45) is 2.18. The summed E-state index contributed by atoms with van der Waals surface area (Å²) in [4.78, 5) is 7.14. The van der Waals surface area contributed by atoms with Crippen LogP contribution in [-0.2, 0) is 0 Å². The van der Waals surface area contributed by atoms with Gasteiger partial charge in [-0.05, 0) is 47.5 Å². The maximum atomic E-state index is 4.86. The van der Waals surface area contributed by atoms with Crippen LogP contribution in [0.5, 0.6) is 0 Å². The van der Waals surface area contributed by atoms with Gasteiger partial charge in [0.15, 0.2) is 0 Å². The normalized spacial score (nSPS) is 17.4. The number of fused-ring (bicyclic) bond motifs is 1. The Hall–Kier alpha value is -2.80. The van der Waals surface area contributed by atoms with E-state index in [4.69, 9.17) is 4.98 Å². The molecule has 0 unspecified atom stereocenters. The highest BCUT2D eigenvalue weighted by Gasteiger charge is 2.32. The molecule has 0 spiro atoms. The van der Waals surface area contributed by atoms with Gasteiger partial charge in [0.05, 0.1) is 21.9 Å². The lowest BCUT2D eigenvalue weighted by Crippen LogP contribution is -2.25. The minimum absolute atomic E-state index is 0.228. The van der Waals surface area contributed by atoms with E-state index in [1.54, 1.807) is 11.3 Å². The van der Waals surface area contributed by atoms with Gasteiger partial charge in [0.1, 0.15) is 5.01 Å². The first-order chi connectivity index (χ1) is 12.4. The Morgan fingerprint density at radius 2 is 1.84 bits per heavy atom. The van der Waals surface area contributed by atoms with Crippen molar-refractivity contribution in [1.29, 1.82) is 0 Å². The highest BCUT2D eigenvalue weighted by Crippen LogP contribution is 2.38. The molecule has 7 heteroatoms. The van der Waals surface area contributed by atoms with E-state index in [9.17, 15) is 0 Å². The summed E-state index contributed by atoms with van der Waals surface area (Å²) in [6.45, 7) is 0.938. The Labute approximate surface area is 148 Å². The number of anilines is 1. The number of hydrogen-bond donors (Lipinski definition) is 0. The van der Waals surface area contributed by atoms with E-state index in [0.717, 1.165) is 41.5 Å². The molecule has 0 saturated carbocycles. The van der Waals surface area contributed by atoms with Crippen LogP contribution in [0.1, 0.15) is 23.9 Å². The Morgan fingerprint density at radius 3 is 2.72 bits per heavy atom. The van der Waals surface area contributed by atoms with Crippen LogP contribution in [0.25, 0.3) is 15.9 Å². The largest absolute Gasteiger partial charge is 0.330 e. The molecule has 3 heterocycles. The highest BCUT2D eigenvalue weighted by atomic mass is 32.1. The first-order valence-corrected chi connectivity index (χ1v) is 9.18. The number of nitrogens with zero attached hydrogens (tertiary/aromatic N) is 6. The molecule has 1 fully saturated rings. The summed E-state index contributed by atoms with van der Waals surface area (Å²) in [5.74, 6) is 0.785. The zero-order valence-corrected chi connectivity index (χ0v) is 14.3. The predicted molar refractivity (Wildman–Crippen MR) is 98.1 cm³/mol. The molecule has 1 atom stereocenters. The molecule has 0 N–H and O–H groups in total. The topological polar surface area (TPSA) is 59.7 Å². The fourth-order valence-corrected chi connectivity index (χ4v) is 4.51. The van der Waals surface area contributed by atoms with Crippen molar-refractivity contribution in [2.24, 2.45) is 0 Å². The Kier molecular flexibility index (Phi) is 3.45. The minimum atomic E-state index is 0.228. The summed E-state index contributed by atoms with van der Waals surface area (Å²) < 4.78 is 3.04. The monoisotopic (exact) mass is 348 g/mol. The predicted octanol–water partition coefficient (Wildman–Crippen LogP) is 3.61. The third-order valence-corrected chi connectivity index (χ3v) is 5.70. The van der Waals surface area contributed by atoms with Crippen molar-refractivity contribution in [3.8, 4) is 5.69 Å². The molecular formula is C18H16N6S. The van der Waals surface area contributed by atoms with Gasteiger partial charge >= 0.3 is 0 Å². The van der Waals surface area contributed by atoms with Gasteiger partial charge in [0.2, 0.25) is 0 Å². The van der Waals surface area contributed by atoms with E-state index < -0.39 is 0 Å². The summed E-state index contributed by atoms with van der Waals surface area (Å²) in [7, 11) is 0. The van der Waals surface area contributed by atoms with Crippen LogP contribution >= 0.6 is 11.3 Å².